The van der Waals surface area contributed by atoms with E-state index in [9.17, 15) is 26.4 Å². The molecule has 1 aromatic heterocycles. The predicted octanol–water partition coefficient (Wildman–Crippen LogP) is 2.92. The van der Waals surface area contributed by atoms with Crippen LogP contribution in [-0.2, 0) is 19.6 Å². The SMILES string of the molecule is Cc1cccc(C#Cc2ccc(S(=O)(=O)N[C@H](CC(=O)O)C[N+](C)(C)C)s2)c1.O=C(O)C(F)(F)F. The molecule has 0 saturated heterocycles. The third kappa shape index (κ3) is 11.9. The molecule has 0 amide bonds. The molecule has 13 heteroatoms. The van der Waals surface area contributed by atoms with E-state index in [0.29, 0.717) is 15.9 Å². The number of nitrogens with one attached hydrogen (secondary N) is 1. The second kappa shape index (κ2) is 12.2. The van der Waals surface area contributed by atoms with E-state index in [4.69, 9.17) is 15.0 Å². The number of halogens is 3. The van der Waals surface area contributed by atoms with Gasteiger partial charge in [-0.2, -0.15) is 13.2 Å². The van der Waals surface area contributed by atoms with E-state index in [1.807, 2.05) is 52.3 Å². The van der Waals surface area contributed by atoms with Gasteiger partial charge in [0.25, 0.3) is 10.0 Å². The first-order valence-corrected chi connectivity index (χ1v) is 12.2. The van der Waals surface area contributed by atoms with Gasteiger partial charge in [-0.05, 0) is 36.8 Å². The highest BCUT2D eigenvalue weighted by molar-refractivity contribution is 7.91. The first-order chi connectivity index (χ1) is 15.9. The van der Waals surface area contributed by atoms with E-state index >= 15 is 0 Å². The molecule has 1 aromatic carbocycles. The summed E-state index contributed by atoms with van der Waals surface area (Å²) in [4.78, 5) is 20.6. The summed E-state index contributed by atoms with van der Waals surface area (Å²) in [7, 11) is 1.83. The van der Waals surface area contributed by atoms with Crippen molar-refractivity contribution in [3.05, 3.63) is 52.4 Å². The zero-order chi connectivity index (χ0) is 27.0. The Morgan fingerprint density at radius 3 is 2.20 bits per heavy atom. The number of alkyl halides is 3. The van der Waals surface area contributed by atoms with Crippen LogP contribution in [0.15, 0.2) is 40.6 Å². The average Bonchev–Trinajstić information content (AvgIpc) is 3.14. The van der Waals surface area contributed by atoms with Gasteiger partial charge in [0.15, 0.2) is 0 Å². The second-order valence-corrected chi connectivity index (χ2v) is 11.5. The molecule has 192 valence electrons. The van der Waals surface area contributed by atoms with Gasteiger partial charge in [-0.3, -0.25) is 4.79 Å². The summed E-state index contributed by atoms with van der Waals surface area (Å²) < 4.78 is 60.2. The summed E-state index contributed by atoms with van der Waals surface area (Å²) in [5.74, 6) is 2.21. The monoisotopic (exact) mass is 535 g/mol. The molecule has 8 nitrogen and oxygen atoms in total. The fourth-order valence-corrected chi connectivity index (χ4v) is 5.08. The van der Waals surface area contributed by atoms with E-state index in [-0.39, 0.29) is 10.6 Å². The Bertz CT molecular complexity index is 1210. The van der Waals surface area contributed by atoms with Crippen molar-refractivity contribution in [2.24, 2.45) is 0 Å². The highest BCUT2D eigenvalue weighted by atomic mass is 32.2. The number of sulfonamides is 1. The number of carboxylic acids is 2. The van der Waals surface area contributed by atoms with Crippen LogP contribution in [0.3, 0.4) is 0 Å². The molecule has 0 aliphatic carbocycles. The molecule has 0 radical (unpaired) electrons. The number of thiophene rings is 1. The number of hydrogen-bond acceptors (Lipinski definition) is 5. The number of aliphatic carboxylic acids is 2. The lowest BCUT2D eigenvalue weighted by molar-refractivity contribution is -0.871. The molecular formula is C22H26F3N2O6S2+. The minimum absolute atomic E-state index is 0.123. The van der Waals surface area contributed by atoms with E-state index < -0.39 is 34.2 Å². The average molecular weight is 536 g/mol. The second-order valence-electron chi connectivity index (χ2n) is 8.43. The summed E-state index contributed by atoms with van der Waals surface area (Å²) in [6.07, 6.45) is -5.36. The Balaban J connectivity index is 0.000000762. The van der Waals surface area contributed by atoms with Crippen LogP contribution in [-0.4, -0.2) is 75.0 Å². The normalized spacial score (nSPS) is 12.5. The maximum absolute atomic E-state index is 12.7. The minimum atomic E-state index is -5.08. The van der Waals surface area contributed by atoms with Crippen molar-refractivity contribution in [3.63, 3.8) is 0 Å². The molecule has 2 aromatic rings. The topological polar surface area (TPSA) is 121 Å². The van der Waals surface area contributed by atoms with Gasteiger partial charge in [-0.15, -0.1) is 11.3 Å². The number of likely N-dealkylation sites (N-methyl/N-ethyl adjacent to an activating group) is 1. The van der Waals surface area contributed by atoms with E-state index in [1.54, 1.807) is 6.07 Å². The summed E-state index contributed by atoms with van der Waals surface area (Å²) >= 11 is 1.07. The van der Waals surface area contributed by atoms with E-state index in [0.717, 1.165) is 22.5 Å². The highest BCUT2D eigenvalue weighted by Gasteiger charge is 2.38. The van der Waals surface area contributed by atoms with Crippen molar-refractivity contribution in [2.75, 3.05) is 27.7 Å². The van der Waals surface area contributed by atoms with Crippen molar-refractivity contribution >= 4 is 33.3 Å². The number of benzene rings is 1. The summed E-state index contributed by atoms with van der Waals surface area (Å²) in [5.41, 5.74) is 1.97. The number of nitrogens with zero attached hydrogens (tertiary/aromatic N) is 1. The van der Waals surface area contributed by atoms with Gasteiger partial charge in [-0.1, -0.05) is 24.0 Å². The maximum Gasteiger partial charge on any atom is 0.490 e. The molecule has 0 fully saturated rings. The Morgan fingerprint density at radius 1 is 1.11 bits per heavy atom. The lowest BCUT2D eigenvalue weighted by Gasteiger charge is -2.28. The number of hydrogen-bond donors (Lipinski definition) is 3. The molecule has 0 unspecified atom stereocenters. The largest absolute Gasteiger partial charge is 0.490 e. The Morgan fingerprint density at radius 2 is 1.71 bits per heavy atom. The standard InChI is InChI=1S/C20H24N2O4S2.C2HF3O2/c1-15-6-5-7-16(12-15)8-9-18-10-11-20(27-18)28(25,26)21-17(13-19(23)24)14-22(2,3)4;3-2(4,5)1(6)7/h5-7,10-12,17,21H,13-14H2,1-4H3;(H,6,7)/p+1/t17-;/m1./s1. The molecule has 2 rings (SSSR count). The van der Waals surface area contributed by atoms with Crippen molar-refractivity contribution in [2.45, 2.75) is 29.8 Å². The van der Waals surface area contributed by atoms with Gasteiger partial charge < -0.3 is 14.7 Å². The molecule has 0 aliphatic rings. The molecule has 35 heavy (non-hydrogen) atoms. The predicted molar refractivity (Wildman–Crippen MR) is 124 cm³/mol. The summed E-state index contributed by atoms with van der Waals surface area (Å²) in [6, 6.07) is 10.2. The third-order valence-electron chi connectivity index (χ3n) is 3.95. The number of quaternary nitrogens is 1. The molecule has 1 atom stereocenters. The van der Waals surface area contributed by atoms with Crippen molar-refractivity contribution in [3.8, 4) is 11.8 Å². The molecule has 0 bridgehead atoms. The van der Waals surface area contributed by atoms with E-state index in [2.05, 4.69) is 16.6 Å². The maximum atomic E-state index is 12.7. The van der Waals surface area contributed by atoms with Gasteiger partial charge in [0.2, 0.25) is 0 Å². The molecule has 0 saturated carbocycles. The van der Waals surface area contributed by atoms with Crippen molar-refractivity contribution < 1.29 is 45.9 Å². The lowest BCUT2D eigenvalue weighted by atomic mass is 10.1. The Kier molecular flexibility index (Phi) is 10.5. The molecule has 0 spiro atoms. The van der Waals surface area contributed by atoms with Gasteiger partial charge in [0, 0.05) is 5.56 Å². The van der Waals surface area contributed by atoms with Crippen LogP contribution in [0.1, 0.15) is 22.4 Å². The fraction of sp³-hybridized carbons (Fsp3) is 0.364. The summed E-state index contributed by atoms with van der Waals surface area (Å²) in [5, 5.41) is 16.2. The van der Waals surface area contributed by atoms with Crippen LogP contribution < -0.4 is 4.72 Å². The summed E-state index contributed by atoms with van der Waals surface area (Å²) in [6.45, 7) is 2.34. The van der Waals surface area contributed by atoms with Crippen molar-refractivity contribution in [1.29, 1.82) is 0 Å². The van der Waals surface area contributed by atoms with Crippen LogP contribution in [0, 0.1) is 18.8 Å². The lowest BCUT2D eigenvalue weighted by Crippen LogP contribution is -2.49. The number of rotatable bonds is 7. The van der Waals surface area contributed by atoms with Crippen LogP contribution in [0.5, 0.6) is 0 Å². The first kappa shape index (κ1) is 30.1. The quantitative estimate of drug-likeness (QED) is 0.370. The molecule has 0 aliphatic heterocycles. The molecular weight excluding hydrogens is 509 g/mol. The third-order valence-corrected chi connectivity index (χ3v) is 6.96. The minimum Gasteiger partial charge on any atom is -0.481 e. The van der Waals surface area contributed by atoms with Crippen molar-refractivity contribution in [1.82, 2.24) is 4.72 Å². The molecule has 1 heterocycles. The van der Waals surface area contributed by atoms with E-state index in [1.165, 1.54) is 6.07 Å². The zero-order valence-corrected chi connectivity index (χ0v) is 21.0. The smallest absolute Gasteiger partial charge is 0.481 e. The van der Waals surface area contributed by atoms with Crippen LogP contribution in [0.4, 0.5) is 13.2 Å². The fourth-order valence-electron chi connectivity index (χ4n) is 2.68. The number of carbonyl (C=O) groups is 2. The van der Waals surface area contributed by atoms with Gasteiger partial charge >= 0.3 is 18.1 Å². The Labute approximate surface area is 205 Å². The number of carboxylic acid groups (broad SMARTS) is 2. The van der Waals surface area contributed by atoms with Crippen LogP contribution >= 0.6 is 11.3 Å². The van der Waals surface area contributed by atoms with Gasteiger partial charge in [-0.25, -0.2) is 17.9 Å². The van der Waals surface area contributed by atoms with Gasteiger partial charge in [0.1, 0.15) is 4.21 Å². The van der Waals surface area contributed by atoms with Gasteiger partial charge in [0.05, 0.1) is 45.0 Å². The first-order valence-electron chi connectivity index (χ1n) is 9.92. The highest BCUT2D eigenvalue weighted by Crippen LogP contribution is 2.22. The number of aryl methyl sites for hydroxylation is 1. The van der Waals surface area contributed by atoms with Crippen LogP contribution in [0.25, 0.3) is 0 Å². The molecule has 3 N–H and O–H groups in total. The Hall–Kier alpha value is -2.92. The zero-order valence-electron chi connectivity index (χ0n) is 19.4. The van der Waals surface area contributed by atoms with Crippen LogP contribution in [0.2, 0.25) is 0 Å².